The highest BCUT2D eigenvalue weighted by atomic mass is 35.5. The van der Waals surface area contributed by atoms with Gasteiger partial charge < -0.3 is 15.7 Å². The van der Waals surface area contributed by atoms with Crippen molar-refractivity contribution in [2.24, 2.45) is 0 Å². The van der Waals surface area contributed by atoms with Crippen molar-refractivity contribution in [2.75, 3.05) is 18.5 Å². The fraction of sp³-hybridized carbons (Fsp3) is 0.300. The van der Waals surface area contributed by atoms with Gasteiger partial charge in [0.15, 0.2) is 0 Å². The number of aliphatic hydroxyl groups excluding tert-OH is 1. The van der Waals surface area contributed by atoms with Crippen LogP contribution in [-0.4, -0.2) is 24.3 Å². The molecule has 88 valence electrons. The van der Waals surface area contributed by atoms with E-state index in [2.05, 4.69) is 10.6 Å². The van der Waals surface area contributed by atoms with Crippen LogP contribution in [0, 0.1) is 5.82 Å². The van der Waals surface area contributed by atoms with Crippen molar-refractivity contribution in [3.8, 4) is 0 Å². The molecular weight excluding hydrogens is 235 g/mol. The Labute approximate surface area is 97.4 Å². The smallest absolute Gasteiger partial charge is 0.319 e. The number of urea groups is 1. The first kappa shape index (κ1) is 12.7. The predicted octanol–water partition coefficient (Wildman–Crippen LogP) is 1.98. The molecule has 2 amide bonds. The van der Waals surface area contributed by atoms with Gasteiger partial charge in [-0.3, -0.25) is 0 Å². The number of carbonyl (C=O) groups is 1. The molecule has 4 nitrogen and oxygen atoms in total. The van der Waals surface area contributed by atoms with Gasteiger partial charge in [0.25, 0.3) is 0 Å². The summed E-state index contributed by atoms with van der Waals surface area (Å²) < 4.78 is 12.7. The summed E-state index contributed by atoms with van der Waals surface area (Å²) in [6.45, 7) is 0.374. The second kappa shape index (κ2) is 6.30. The molecule has 0 heterocycles. The minimum atomic E-state index is -0.462. The molecule has 1 aromatic carbocycles. The molecule has 0 saturated carbocycles. The Hall–Kier alpha value is -1.33. The molecule has 0 atom stereocenters. The number of carbonyl (C=O) groups excluding carboxylic acids is 1. The highest BCUT2D eigenvalue weighted by molar-refractivity contribution is 6.33. The van der Waals surface area contributed by atoms with Gasteiger partial charge in [-0.2, -0.15) is 0 Å². The largest absolute Gasteiger partial charge is 0.396 e. The Morgan fingerprint density at radius 3 is 2.88 bits per heavy atom. The fourth-order valence-corrected chi connectivity index (χ4v) is 1.25. The molecule has 16 heavy (non-hydrogen) atoms. The van der Waals surface area contributed by atoms with Crippen LogP contribution < -0.4 is 10.6 Å². The number of aliphatic hydroxyl groups is 1. The lowest BCUT2D eigenvalue weighted by Gasteiger charge is -2.08. The molecule has 0 aromatic heterocycles. The Morgan fingerprint density at radius 1 is 1.50 bits per heavy atom. The SMILES string of the molecule is O=C(NCCCO)Nc1ccc(F)cc1Cl. The van der Waals surface area contributed by atoms with Gasteiger partial charge >= 0.3 is 6.03 Å². The molecule has 0 aliphatic carbocycles. The Balaban J connectivity index is 2.49. The monoisotopic (exact) mass is 246 g/mol. The summed E-state index contributed by atoms with van der Waals surface area (Å²) in [5, 5.41) is 13.6. The van der Waals surface area contributed by atoms with Crippen molar-refractivity contribution < 1.29 is 14.3 Å². The maximum atomic E-state index is 12.7. The van der Waals surface area contributed by atoms with Crippen LogP contribution in [0.1, 0.15) is 6.42 Å². The summed E-state index contributed by atoms with van der Waals surface area (Å²) in [6, 6.07) is 3.26. The number of rotatable bonds is 4. The van der Waals surface area contributed by atoms with E-state index in [1.165, 1.54) is 12.1 Å². The number of nitrogens with one attached hydrogen (secondary N) is 2. The Bertz CT molecular complexity index is 374. The minimum Gasteiger partial charge on any atom is -0.396 e. The topological polar surface area (TPSA) is 61.4 Å². The van der Waals surface area contributed by atoms with Crippen LogP contribution in [0.3, 0.4) is 0 Å². The summed E-state index contributed by atoms with van der Waals surface area (Å²) >= 11 is 5.71. The molecule has 0 unspecified atom stereocenters. The summed E-state index contributed by atoms with van der Waals surface area (Å²) in [5.41, 5.74) is 0.338. The van der Waals surface area contributed by atoms with E-state index in [9.17, 15) is 9.18 Å². The van der Waals surface area contributed by atoms with E-state index in [4.69, 9.17) is 16.7 Å². The van der Waals surface area contributed by atoms with E-state index in [-0.39, 0.29) is 11.6 Å². The van der Waals surface area contributed by atoms with Crippen LogP contribution in [-0.2, 0) is 0 Å². The van der Waals surface area contributed by atoms with Crippen molar-refractivity contribution in [1.29, 1.82) is 0 Å². The predicted molar refractivity (Wildman–Crippen MR) is 60.1 cm³/mol. The number of amides is 2. The molecule has 1 rings (SSSR count). The normalized spacial score (nSPS) is 9.94. The number of halogens is 2. The van der Waals surface area contributed by atoms with Gasteiger partial charge in [-0.25, -0.2) is 9.18 Å². The highest BCUT2D eigenvalue weighted by Crippen LogP contribution is 2.21. The van der Waals surface area contributed by atoms with Crippen molar-refractivity contribution >= 4 is 23.3 Å². The van der Waals surface area contributed by atoms with E-state index in [0.717, 1.165) is 6.07 Å². The van der Waals surface area contributed by atoms with Crippen LogP contribution in [0.5, 0.6) is 0 Å². The van der Waals surface area contributed by atoms with Crippen LogP contribution in [0.25, 0.3) is 0 Å². The van der Waals surface area contributed by atoms with Crippen molar-refractivity contribution in [3.63, 3.8) is 0 Å². The zero-order valence-electron chi connectivity index (χ0n) is 8.46. The molecule has 3 N–H and O–H groups in total. The standard InChI is InChI=1S/C10H12ClFN2O2/c11-8-6-7(12)2-3-9(8)14-10(16)13-4-1-5-15/h2-3,6,15H,1,4-5H2,(H2,13,14,16). The average Bonchev–Trinajstić information content (AvgIpc) is 2.23. The summed E-state index contributed by atoms with van der Waals surface area (Å²) in [7, 11) is 0. The van der Waals surface area contributed by atoms with Gasteiger partial charge in [0.1, 0.15) is 5.82 Å². The summed E-state index contributed by atoms with van der Waals surface area (Å²) in [6.07, 6.45) is 0.477. The van der Waals surface area contributed by atoms with Gasteiger partial charge in [0.2, 0.25) is 0 Å². The molecule has 0 aliphatic rings. The van der Waals surface area contributed by atoms with Gasteiger partial charge in [-0.05, 0) is 24.6 Å². The lowest BCUT2D eigenvalue weighted by molar-refractivity contribution is 0.249. The first-order valence-corrected chi connectivity index (χ1v) is 5.12. The van der Waals surface area contributed by atoms with Gasteiger partial charge in [0.05, 0.1) is 10.7 Å². The van der Waals surface area contributed by atoms with Crippen LogP contribution in [0.2, 0.25) is 5.02 Å². The first-order chi connectivity index (χ1) is 7.63. The van der Waals surface area contributed by atoms with Gasteiger partial charge in [0, 0.05) is 13.2 Å². The zero-order chi connectivity index (χ0) is 12.0. The maximum absolute atomic E-state index is 12.7. The molecule has 0 aliphatic heterocycles. The lowest BCUT2D eigenvalue weighted by atomic mass is 10.3. The molecule has 0 bridgehead atoms. The molecular formula is C10H12ClFN2O2. The Morgan fingerprint density at radius 2 is 2.25 bits per heavy atom. The van der Waals surface area contributed by atoms with E-state index in [1.54, 1.807) is 0 Å². The summed E-state index contributed by atoms with van der Waals surface area (Å²) in [4.78, 5) is 11.3. The third kappa shape index (κ3) is 4.04. The van der Waals surface area contributed by atoms with Crippen molar-refractivity contribution in [2.45, 2.75) is 6.42 Å². The van der Waals surface area contributed by atoms with Crippen molar-refractivity contribution in [1.82, 2.24) is 5.32 Å². The fourth-order valence-electron chi connectivity index (χ4n) is 1.04. The minimum absolute atomic E-state index is 0.0115. The first-order valence-electron chi connectivity index (χ1n) is 4.74. The number of benzene rings is 1. The Kier molecular flexibility index (Phi) is 5.01. The quantitative estimate of drug-likeness (QED) is 0.712. The lowest BCUT2D eigenvalue weighted by Crippen LogP contribution is -2.30. The molecule has 6 heteroatoms. The van der Waals surface area contributed by atoms with E-state index < -0.39 is 11.8 Å². The van der Waals surface area contributed by atoms with Gasteiger partial charge in [-0.1, -0.05) is 11.6 Å². The number of hydrogen-bond donors (Lipinski definition) is 3. The third-order valence-electron chi connectivity index (χ3n) is 1.80. The molecule has 0 spiro atoms. The van der Waals surface area contributed by atoms with E-state index in [0.29, 0.717) is 18.7 Å². The second-order valence-corrected chi connectivity index (χ2v) is 3.49. The molecule has 1 aromatic rings. The van der Waals surface area contributed by atoms with Crippen molar-refractivity contribution in [3.05, 3.63) is 29.0 Å². The molecule has 0 fully saturated rings. The maximum Gasteiger partial charge on any atom is 0.319 e. The number of hydrogen-bond acceptors (Lipinski definition) is 2. The highest BCUT2D eigenvalue weighted by Gasteiger charge is 2.05. The van der Waals surface area contributed by atoms with Crippen LogP contribution >= 0.6 is 11.6 Å². The third-order valence-corrected chi connectivity index (χ3v) is 2.11. The van der Waals surface area contributed by atoms with Crippen LogP contribution in [0.15, 0.2) is 18.2 Å². The van der Waals surface area contributed by atoms with Crippen LogP contribution in [0.4, 0.5) is 14.9 Å². The van der Waals surface area contributed by atoms with Gasteiger partial charge in [-0.15, -0.1) is 0 Å². The van der Waals surface area contributed by atoms with E-state index in [1.807, 2.05) is 0 Å². The number of anilines is 1. The second-order valence-electron chi connectivity index (χ2n) is 3.08. The summed E-state index contributed by atoms with van der Waals surface area (Å²) in [5.74, 6) is -0.462. The average molecular weight is 247 g/mol. The zero-order valence-corrected chi connectivity index (χ0v) is 9.22. The van der Waals surface area contributed by atoms with E-state index >= 15 is 0 Å². The molecule has 0 saturated heterocycles. The molecule has 0 radical (unpaired) electrons.